The Morgan fingerprint density at radius 1 is 1.08 bits per heavy atom. The van der Waals surface area contributed by atoms with Gasteiger partial charge in [0.25, 0.3) is 0 Å². The number of carbonyl (C=O) groups excluding carboxylic acids is 1. The number of aryl methyl sites for hydroxylation is 1. The van der Waals surface area contributed by atoms with E-state index in [1.54, 1.807) is 18.3 Å². The van der Waals surface area contributed by atoms with Crippen LogP contribution in [0.1, 0.15) is 24.1 Å². The Kier molecular flexibility index (Phi) is 6.56. The van der Waals surface area contributed by atoms with Crippen LogP contribution in [0.5, 0.6) is 0 Å². The first-order valence-corrected chi connectivity index (χ1v) is 7.79. The van der Waals surface area contributed by atoms with Crippen molar-refractivity contribution in [2.45, 2.75) is 25.8 Å². The van der Waals surface area contributed by atoms with Crippen LogP contribution in [0.3, 0.4) is 0 Å². The summed E-state index contributed by atoms with van der Waals surface area (Å²) in [5.74, 6) is -3.27. The Morgan fingerprint density at radius 3 is 2.52 bits per heavy atom. The standard InChI is InChI=1S/C18H18F2N2O3/c19-15-6-4-13(11-16(15)20)12-22(10-8-18(24)25)17(23)7-5-14-3-1-2-9-21-14/h1-4,6,9,11H,5,7-8,10,12H2,(H,24,25). The molecular formula is C18H18F2N2O3. The van der Waals surface area contributed by atoms with E-state index in [0.717, 1.165) is 17.8 Å². The second-order valence-corrected chi connectivity index (χ2v) is 5.53. The molecule has 0 saturated heterocycles. The number of aromatic nitrogens is 1. The third-order valence-corrected chi connectivity index (χ3v) is 3.63. The largest absolute Gasteiger partial charge is 0.481 e. The van der Waals surface area contributed by atoms with Crippen LogP contribution in [-0.2, 0) is 22.6 Å². The fourth-order valence-electron chi connectivity index (χ4n) is 2.32. The molecule has 0 fully saturated rings. The highest BCUT2D eigenvalue weighted by Gasteiger charge is 2.16. The van der Waals surface area contributed by atoms with Crippen LogP contribution in [0.4, 0.5) is 8.78 Å². The van der Waals surface area contributed by atoms with Gasteiger partial charge in [0.05, 0.1) is 6.42 Å². The Labute approximate surface area is 143 Å². The van der Waals surface area contributed by atoms with Crippen LogP contribution in [0, 0.1) is 11.6 Å². The van der Waals surface area contributed by atoms with Gasteiger partial charge in [-0.25, -0.2) is 8.78 Å². The molecule has 0 aliphatic rings. The van der Waals surface area contributed by atoms with Gasteiger partial charge in [0.2, 0.25) is 5.91 Å². The molecule has 132 valence electrons. The topological polar surface area (TPSA) is 70.5 Å². The summed E-state index contributed by atoms with van der Waals surface area (Å²) in [6.45, 7) is 0.0148. The van der Waals surface area contributed by atoms with Gasteiger partial charge in [-0.1, -0.05) is 12.1 Å². The van der Waals surface area contributed by atoms with E-state index < -0.39 is 17.6 Å². The van der Waals surface area contributed by atoms with Gasteiger partial charge in [-0.2, -0.15) is 0 Å². The molecule has 1 N–H and O–H groups in total. The first-order chi connectivity index (χ1) is 12.0. The molecule has 0 aliphatic heterocycles. The molecule has 0 spiro atoms. The third kappa shape index (κ3) is 5.95. The fourth-order valence-corrected chi connectivity index (χ4v) is 2.32. The molecule has 0 radical (unpaired) electrons. The van der Waals surface area contributed by atoms with Gasteiger partial charge in [-0.05, 0) is 36.2 Å². The number of halogens is 2. The number of benzene rings is 1. The highest BCUT2D eigenvalue weighted by Crippen LogP contribution is 2.13. The van der Waals surface area contributed by atoms with Gasteiger partial charge in [-0.3, -0.25) is 14.6 Å². The molecule has 0 saturated carbocycles. The van der Waals surface area contributed by atoms with Gasteiger partial charge < -0.3 is 10.0 Å². The normalized spacial score (nSPS) is 10.5. The maximum atomic E-state index is 13.3. The molecular weight excluding hydrogens is 330 g/mol. The predicted octanol–water partition coefficient (Wildman–Crippen LogP) is 2.80. The van der Waals surface area contributed by atoms with Gasteiger partial charge in [0.1, 0.15) is 0 Å². The van der Waals surface area contributed by atoms with E-state index >= 15 is 0 Å². The SMILES string of the molecule is O=C(O)CCN(Cc1ccc(F)c(F)c1)C(=O)CCc1ccccn1. The van der Waals surface area contributed by atoms with E-state index in [1.165, 1.54) is 11.0 Å². The van der Waals surface area contributed by atoms with Crippen molar-refractivity contribution in [1.29, 1.82) is 0 Å². The van der Waals surface area contributed by atoms with Crippen LogP contribution in [0.15, 0.2) is 42.6 Å². The quantitative estimate of drug-likeness (QED) is 0.796. The Balaban J connectivity index is 2.04. The fraction of sp³-hybridized carbons (Fsp3) is 0.278. The van der Waals surface area contributed by atoms with E-state index in [2.05, 4.69) is 4.98 Å². The summed E-state index contributed by atoms with van der Waals surface area (Å²) in [6.07, 6.45) is 1.98. The minimum atomic E-state index is -1.03. The monoisotopic (exact) mass is 348 g/mol. The molecule has 25 heavy (non-hydrogen) atoms. The number of pyridine rings is 1. The van der Waals surface area contributed by atoms with Gasteiger partial charge in [0.15, 0.2) is 11.6 Å². The van der Waals surface area contributed by atoms with Crippen LogP contribution in [0.2, 0.25) is 0 Å². The van der Waals surface area contributed by atoms with Gasteiger partial charge in [-0.15, -0.1) is 0 Å². The Morgan fingerprint density at radius 2 is 1.88 bits per heavy atom. The first-order valence-electron chi connectivity index (χ1n) is 7.79. The zero-order valence-electron chi connectivity index (χ0n) is 13.5. The number of carboxylic acid groups (broad SMARTS) is 1. The van der Waals surface area contributed by atoms with Crippen molar-refractivity contribution < 1.29 is 23.5 Å². The molecule has 0 unspecified atom stereocenters. The number of hydrogen-bond donors (Lipinski definition) is 1. The molecule has 1 heterocycles. The van der Waals surface area contributed by atoms with Crippen molar-refractivity contribution in [3.63, 3.8) is 0 Å². The summed E-state index contributed by atoms with van der Waals surface area (Å²) in [7, 11) is 0. The van der Waals surface area contributed by atoms with Crippen molar-refractivity contribution in [3.8, 4) is 0 Å². The number of rotatable bonds is 8. The highest BCUT2D eigenvalue weighted by molar-refractivity contribution is 5.77. The average Bonchev–Trinajstić information content (AvgIpc) is 2.60. The van der Waals surface area contributed by atoms with Crippen LogP contribution in [0.25, 0.3) is 0 Å². The minimum absolute atomic E-state index is 0.00458. The first kappa shape index (κ1) is 18.5. The predicted molar refractivity (Wildman–Crippen MR) is 86.6 cm³/mol. The Hall–Kier alpha value is -2.83. The number of carboxylic acids is 1. The van der Waals surface area contributed by atoms with E-state index in [-0.39, 0.29) is 31.8 Å². The lowest BCUT2D eigenvalue weighted by atomic mass is 10.1. The number of aliphatic carboxylic acids is 1. The summed E-state index contributed by atoms with van der Waals surface area (Å²) in [5.41, 5.74) is 1.15. The molecule has 1 amide bonds. The zero-order valence-corrected chi connectivity index (χ0v) is 13.5. The molecule has 0 bridgehead atoms. The zero-order chi connectivity index (χ0) is 18.2. The van der Waals surface area contributed by atoms with E-state index in [0.29, 0.717) is 12.0 Å². The number of nitrogens with zero attached hydrogens (tertiary/aromatic N) is 2. The summed E-state index contributed by atoms with van der Waals surface area (Å²) in [4.78, 5) is 28.7. The summed E-state index contributed by atoms with van der Waals surface area (Å²) in [5, 5.41) is 8.84. The van der Waals surface area contributed by atoms with Crippen molar-refractivity contribution in [2.75, 3.05) is 6.54 Å². The Bertz CT molecular complexity index is 738. The summed E-state index contributed by atoms with van der Waals surface area (Å²) >= 11 is 0. The second-order valence-electron chi connectivity index (χ2n) is 5.53. The van der Waals surface area contributed by atoms with Crippen LogP contribution < -0.4 is 0 Å². The van der Waals surface area contributed by atoms with E-state index in [1.807, 2.05) is 6.07 Å². The number of amides is 1. The average molecular weight is 348 g/mol. The van der Waals surface area contributed by atoms with Crippen molar-refractivity contribution >= 4 is 11.9 Å². The smallest absolute Gasteiger partial charge is 0.305 e. The lowest BCUT2D eigenvalue weighted by Gasteiger charge is -2.22. The molecule has 2 aromatic rings. The lowest BCUT2D eigenvalue weighted by molar-refractivity contribution is -0.138. The molecule has 1 aromatic carbocycles. The molecule has 0 atom stereocenters. The lowest BCUT2D eigenvalue weighted by Crippen LogP contribution is -2.32. The maximum absolute atomic E-state index is 13.3. The summed E-state index contributed by atoms with van der Waals surface area (Å²) in [6, 6.07) is 8.75. The molecule has 7 heteroatoms. The van der Waals surface area contributed by atoms with Crippen molar-refractivity contribution in [1.82, 2.24) is 9.88 Å². The van der Waals surface area contributed by atoms with E-state index in [4.69, 9.17) is 5.11 Å². The molecule has 0 aliphatic carbocycles. The third-order valence-electron chi connectivity index (χ3n) is 3.63. The maximum Gasteiger partial charge on any atom is 0.305 e. The number of hydrogen-bond acceptors (Lipinski definition) is 3. The molecule has 1 aromatic heterocycles. The van der Waals surface area contributed by atoms with Crippen LogP contribution >= 0.6 is 0 Å². The van der Waals surface area contributed by atoms with Gasteiger partial charge >= 0.3 is 5.97 Å². The summed E-state index contributed by atoms with van der Waals surface area (Å²) < 4.78 is 26.4. The minimum Gasteiger partial charge on any atom is -0.481 e. The van der Waals surface area contributed by atoms with Crippen molar-refractivity contribution in [2.24, 2.45) is 0 Å². The van der Waals surface area contributed by atoms with E-state index in [9.17, 15) is 18.4 Å². The number of carbonyl (C=O) groups is 2. The van der Waals surface area contributed by atoms with Crippen molar-refractivity contribution in [3.05, 3.63) is 65.5 Å². The molecule has 2 rings (SSSR count). The van der Waals surface area contributed by atoms with Gasteiger partial charge in [0, 0.05) is 31.4 Å². The molecule has 5 nitrogen and oxygen atoms in total. The van der Waals surface area contributed by atoms with Crippen LogP contribution in [-0.4, -0.2) is 33.4 Å². The second kappa shape index (κ2) is 8.86. The highest BCUT2D eigenvalue weighted by atomic mass is 19.2.